The summed E-state index contributed by atoms with van der Waals surface area (Å²) in [6.45, 7) is 3.88. The van der Waals surface area contributed by atoms with E-state index in [-0.39, 0.29) is 17.4 Å². The van der Waals surface area contributed by atoms with Gasteiger partial charge in [-0.1, -0.05) is 12.1 Å². The van der Waals surface area contributed by atoms with E-state index in [2.05, 4.69) is 5.32 Å². The van der Waals surface area contributed by atoms with Gasteiger partial charge >= 0.3 is 0 Å². The Balaban J connectivity index is 2.11. The maximum absolute atomic E-state index is 12.1. The topological polar surface area (TPSA) is 63.2 Å². The van der Waals surface area contributed by atoms with E-state index in [0.717, 1.165) is 16.8 Å². The first-order chi connectivity index (χ1) is 8.87. The summed E-state index contributed by atoms with van der Waals surface area (Å²) >= 11 is 0. The predicted octanol–water partition coefficient (Wildman–Crippen LogP) is 2.07. The van der Waals surface area contributed by atoms with E-state index in [1.165, 1.54) is 0 Å². The van der Waals surface area contributed by atoms with Gasteiger partial charge in [-0.3, -0.25) is 4.79 Å². The molecule has 5 heteroatoms. The normalized spacial score (nSPS) is 21.9. The van der Waals surface area contributed by atoms with E-state index < -0.39 is 15.8 Å². The Morgan fingerprint density at radius 1 is 1.32 bits per heavy atom. The second kappa shape index (κ2) is 5.33. The highest BCUT2D eigenvalue weighted by atomic mass is 32.2. The van der Waals surface area contributed by atoms with Crippen LogP contribution in [-0.4, -0.2) is 25.8 Å². The van der Waals surface area contributed by atoms with Crippen LogP contribution < -0.4 is 5.32 Å². The van der Waals surface area contributed by atoms with E-state index in [0.29, 0.717) is 12.8 Å². The first-order valence-electron chi connectivity index (χ1n) is 6.46. The summed E-state index contributed by atoms with van der Waals surface area (Å²) in [7, 11) is -3.05. The molecule has 1 unspecified atom stereocenters. The Labute approximate surface area is 114 Å². The van der Waals surface area contributed by atoms with Gasteiger partial charge in [-0.05, 0) is 43.9 Å². The van der Waals surface area contributed by atoms with Crippen LogP contribution in [0.2, 0.25) is 0 Å². The van der Waals surface area contributed by atoms with Crippen molar-refractivity contribution in [2.75, 3.05) is 16.8 Å². The number of hydrogen-bond acceptors (Lipinski definition) is 3. The number of carbonyl (C=O) groups is 1. The molecule has 1 N–H and O–H groups in total. The van der Waals surface area contributed by atoms with Gasteiger partial charge in [0.05, 0.1) is 17.4 Å². The molecule has 0 aromatic heterocycles. The van der Waals surface area contributed by atoms with Crippen LogP contribution in [-0.2, 0) is 14.6 Å². The zero-order valence-electron chi connectivity index (χ0n) is 11.3. The fourth-order valence-electron chi connectivity index (χ4n) is 2.33. The summed E-state index contributed by atoms with van der Waals surface area (Å²) in [5, 5.41) is 2.86. The smallest absolute Gasteiger partial charge is 0.228 e. The molecule has 0 saturated carbocycles. The van der Waals surface area contributed by atoms with Gasteiger partial charge in [0.1, 0.15) is 0 Å². The number of rotatable bonds is 2. The van der Waals surface area contributed by atoms with Crippen LogP contribution >= 0.6 is 0 Å². The summed E-state index contributed by atoms with van der Waals surface area (Å²) in [5.41, 5.74) is 2.82. The molecule has 1 amide bonds. The molecule has 2 rings (SSSR count). The second-order valence-corrected chi connectivity index (χ2v) is 7.49. The first kappa shape index (κ1) is 14.1. The first-order valence-corrected chi connectivity index (χ1v) is 8.28. The quantitative estimate of drug-likeness (QED) is 0.902. The van der Waals surface area contributed by atoms with E-state index in [1.807, 2.05) is 32.0 Å². The number of sulfone groups is 1. The number of amides is 1. The van der Waals surface area contributed by atoms with Gasteiger partial charge in [0.2, 0.25) is 5.91 Å². The van der Waals surface area contributed by atoms with Gasteiger partial charge in [-0.15, -0.1) is 0 Å². The summed E-state index contributed by atoms with van der Waals surface area (Å²) in [6, 6.07) is 5.84. The minimum absolute atomic E-state index is 0.0241. The summed E-state index contributed by atoms with van der Waals surface area (Å²) in [6.07, 6.45) is 1.23. The van der Waals surface area contributed by atoms with Gasteiger partial charge in [-0.2, -0.15) is 0 Å². The van der Waals surface area contributed by atoms with Gasteiger partial charge in [0, 0.05) is 5.69 Å². The SMILES string of the molecule is Cc1ccc(C)c(NC(=O)C2CCCS(=O)(=O)C2)c1. The lowest BCUT2D eigenvalue weighted by Crippen LogP contribution is -2.34. The number of hydrogen-bond donors (Lipinski definition) is 1. The highest BCUT2D eigenvalue weighted by Gasteiger charge is 2.29. The van der Waals surface area contributed by atoms with Crippen molar-refractivity contribution in [2.45, 2.75) is 26.7 Å². The molecule has 4 nitrogen and oxygen atoms in total. The molecule has 0 radical (unpaired) electrons. The molecule has 1 fully saturated rings. The van der Waals surface area contributed by atoms with Crippen LogP contribution in [0.5, 0.6) is 0 Å². The molecule has 1 atom stereocenters. The number of nitrogens with one attached hydrogen (secondary N) is 1. The third-order valence-electron chi connectivity index (χ3n) is 3.48. The average molecular weight is 281 g/mol. The summed E-state index contributed by atoms with van der Waals surface area (Å²) in [5.74, 6) is -0.417. The van der Waals surface area contributed by atoms with Crippen LogP contribution in [0.15, 0.2) is 18.2 Å². The Morgan fingerprint density at radius 3 is 2.74 bits per heavy atom. The highest BCUT2D eigenvalue weighted by Crippen LogP contribution is 2.22. The van der Waals surface area contributed by atoms with Crippen LogP contribution in [0, 0.1) is 19.8 Å². The van der Waals surface area contributed by atoms with Crippen molar-refractivity contribution in [3.63, 3.8) is 0 Å². The fraction of sp³-hybridized carbons (Fsp3) is 0.500. The van der Waals surface area contributed by atoms with E-state index in [4.69, 9.17) is 0 Å². The number of aryl methyl sites for hydroxylation is 2. The molecule has 1 heterocycles. The standard InChI is InChI=1S/C14H19NO3S/c1-10-5-6-11(2)13(8-10)15-14(16)12-4-3-7-19(17,18)9-12/h5-6,8,12H,3-4,7,9H2,1-2H3,(H,15,16). The molecule has 1 aliphatic heterocycles. The number of benzene rings is 1. The molecule has 1 saturated heterocycles. The fourth-order valence-corrected chi connectivity index (χ4v) is 4.04. The molecule has 19 heavy (non-hydrogen) atoms. The van der Waals surface area contributed by atoms with Gasteiger partial charge in [0.15, 0.2) is 9.84 Å². The van der Waals surface area contributed by atoms with E-state index in [9.17, 15) is 13.2 Å². The monoisotopic (exact) mass is 281 g/mol. The minimum atomic E-state index is -3.05. The highest BCUT2D eigenvalue weighted by molar-refractivity contribution is 7.91. The van der Waals surface area contributed by atoms with Crippen molar-refractivity contribution in [1.82, 2.24) is 0 Å². The van der Waals surface area contributed by atoms with Crippen molar-refractivity contribution in [2.24, 2.45) is 5.92 Å². The zero-order valence-corrected chi connectivity index (χ0v) is 12.1. The molecular formula is C14H19NO3S. The number of anilines is 1. The second-order valence-electron chi connectivity index (χ2n) is 5.26. The molecule has 104 valence electrons. The van der Waals surface area contributed by atoms with Crippen LogP contribution in [0.25, 0.3) is 0 Å². The summed E-state index contributed by atoms with van der Waals surface area (Å²) < 4.78 is 23.1. The molecule has 0 aliphatic carbocycles. The Kier molecular flexibility index (Phi) is 3.94. The van der Waals surface area contributed by atoms with Crippen molar-refractivity contribution >= 4 is 21.4 Å². The minimum Gasteiger partial charge on any atom is -0.326 e. The largest absolute Gasteiger partial charge is 0.326 e. The Bertz CT molecular complexity index is 593. The molecule has 1 aromatic rings. The van der Waals surface area contributed by atoms with Gasteiger partial charge < -0.3 is 5.32 Å². The van der Waals surface area contributed by atoms with E-state index in [1.54, 1.807) is 0 Å². The Hall–Kier alpha value is -1.36. The average Bonchev–Trinajstić information content (AvgIpc) is 2.32. The molecule has 1 aliphatic rings. The number of carbonyl (C=O) groups excluding carboxylic acids is 1. The lowest BCUT2D eigenvalue weighted by molar-refractivity contribution is -0.119. The molecular weight excluding hydrogens is 262 g/mol. The molecule has 1 aromatic carbocycles. The molecule has 0 bridgehead atoms. The third kappa shape index (κ3) is 3.56. The van der Waals surface area contributed by atoms with Gasteiger partial charge in [-0.25, -0.2) is 8.42 Å². The van der Waals surface area contributed by atoms with Crippen molar-refractivity contribution in [3.8, 4) is 0 Å². The lowest BCUT2D eigenvalue weighted by Gasteiger charge is -2.21. The van der Waals surface area contributed by atoms with Gasteiger partial charge in [0.25, 0.3) is 0 Å². The predicted molar refractivity (Wildman–Crippen MR) is 75.9 cm³/mol. The van der Waals surface area contributed by atoms with E-state index >= 15 is 0 Å². The van der Waals surface area contributed by atoms with Crippen molar-refractivity contribution < 1.29 is 13.2 Å². The van der Waals surface area contributed by atoms with Crippen LogP contribution in [0.1, 0.15) is 24.0 Å². The third-order valence-corrected chi connectivity index (χ3v) is 5.31. The van der Waals surface area contributed by atoms with Crippen LogP contribution in [0.3, 0.4) is 0 Å². The zero-order chi connectivity index (χ0) is 14.0. The lowest BCUT2D eigenvalue weighted by atomic mass is 10.0. The van der Waals surface area contributed by atoms with Crippen molar-refractivity contribution in [3.05, 3.63) is 29.3 Å². The van der Waals surface area contributed by atoms with Crippen LogP contribution in [0.4, 0.5) is 5.69 Å². The maximum Gasteiger partial charge on any atom is 0.228 e. The maximum atomic E-state index is 12.1. The summed E-state index contributed by atoms with van der Waals surface area (Å²) in [4.78, 5) is 12.1. The Morgan fingerprint density at radius 2 is 2.05 bits per heavy atom. The molecule has 0 spiro atoms. The van der Waals surface area contributed by atoms with Crippen molar-refractivity contribution in [1.29, 1.82) is 0 Å².